The zero-order valence-corrected chi connectivity index (χ0v) is 21.9. The molecular formula is C30H31N3O7. The van der Waals surface area contributed by atoms with Crippen LogP contribution in [-0.4, -0.2) is 34.4 Å². The molecular weight excluding hydrogens is 514 g/mol. The molecule has 0 aliphatic heterocycles. The highest BCUT2D eigenvalue weighted by atomic mass is 16.6. The Morgan fingerprint density at radius 2 is 1.50 bits per heavy atom. The molecule has 1 atom stereocenters. The van der Waals surface area contributed by atoms with E-state index < -0.39 is 28.3 Å². The zero-order chi connectivity index (χ0) is 28.7. The molecule has 1 saturated carbocycles. The molecule has 10 nitrogen and oxygen atoms in total. The molecule has 1 amide bonds. The number of nitrogens with zero attached hydrogens (tertiary/aromatic N) is 1. The van der Waals surface area contributed by atoms with E-state index in [0.717, 1.165) is 12.8 Å². The monoisotopic (exact) mass is 545 g/mol. The third-order valence-electron chi connectivity index (χ3n) is 7.25. The molecule has 1 aliphatic rings. The minimum absolute atomic E-state index is 0.0222. The van der Waals surface area contributed by atoms with E-state index in [9.17, 15) is 24.5 Å². The van der Waals surface area contributed by atoms with Crippen molar-refractivity contribution < 1.29 is 29.2 Å². The van der Waals surface area contributed by atoms with Crippen LogP contribution in [0.4, 0.5) is 5.69 Å². The molecule has 0 aromatic heterocycles. The van der Waals surface area contributed by atoms with Crippen molar-refractivity contribution in [3.63, 3.8) is 0 Å². The van der Waals surface area contributed by atoms with Gasteiger partial charge in [-0.1, -0.05) is 55.7 Å². The van der Waals surface area contributed by atoms with Crippen LogP contribution in [0.2, 0.25) is 0 Å². The Bertz CT molecular complexity index is 1370. The SMILES string of the molecule is N[C@@](C(=O)Oc1ccc([N+](=O)[O-])cc1)(c1ccc(C(=O)NCCC(=O)O)cc1)c1ccc(C2CCCCC2)cc1. The normalized spacial score (nSPS) is 15.0. The summed E-state index contributed by atoms with van der Waals surface area (Å²) in [6, 6.07) is 18.8. The number of aliphatic carboxylic acids is 1. The Morgan fingerprint density at radius 3 is 2.05 bits per heavy atom. The number of hydrogen-bond donors (Lipinski definition) is 3. The molecule has 0 saturated heterocycles. The van der Waals surface area contributed by atoms with E-state index in [1.807, 2.05) is 24.3 Å². The van der Waals surface area contributed by atoms with Crippen molar-refractivity contribution in [1.29, 1.82) is 0 Å². The van der Waals surface area contributed by atoms with Crippen LogP contribution in [0.25, 0.3) is 0 Å². The van der Waals surface area contributed by atoms with Gasteiger partial charge in [-0.15, -0.1) is 0 Å². The van der Waals surface area contributed by atoms with E-state index in [0.29, 0.717) is 17.0 Å². The van der Waals surface area contributed by atoms with E-state index in [1.54, 1.807) is 12.1 Å². The van der Waals surface area contributed by atoms with Crippen molar-refractivity contribution in [2.24, 2.45) is 5.73 Å². The molecule has 208 valence electrons. The van der Waals surface area contributed by atoms with E-state index in [1.165, 1.54) is 61.2 Å². The van der Waals surface area contributed by atoms with Crippen LogP contribution in [0.5, 0.6) is 5.75 Å². The van der Waals surface area contributed by atoms with Gasteiger partial charge in [-0.25, -0.2) is 4.79 Å². The lowest BCUT2D eigenvalue weighted by atomic mass is 9.80. The lowest BCUT2D eigenvalue weighted by Crippen LogP contribution is -2.48. The van der Waals surface area contributed by atoms with Crippen LogP contribution in [0.15, 0.2) is 72.8 Å². The number of carboxylic acid groups (broad SMARTS) is 1. The summed E-state index contributed by atoms with van der Waals surface area (Å²) >= 11 is 0. The van der Waals surface area contributed by atoms with Crippen LogP contribution >= 0.6 is 0 Å². The molecule has 4 N–H and O–H groups in total. The molecule has 0 unspecified atom stereocenters. The summed E-state index contributed by atoms with van der Waals surface area (Å²) in [5, 5.41) is 22.3. The van der Waals surface area contributed by atoms with Crippen molar-refractivity contribution in [3.8, 4) is 5.75 Å². The predicted octanol–water partition coefficient (Wildman–Crippen LogP) is 4.65. The highest BCUT2D eigenvalue weighted by Gasteiger charge is 2.40. The van der Waals surface area contributed by atoms with Crippen molar-refractivity contribution in [2.75, 3.05) is 6.54 Å². The molecule has 0 radical (unpaired) electrons. The fraction of sp³-hybridized carbons (Fsp3) is 0.300. The highest BCUT2D eigenvalue weighted by Crippen LogP contribution is 2.35. The fourth-order valence-electron chi connectivity index (χ4n) is 4.95. The van der Waals surface area contributed by atoms with Gasteiger partial charge in [0.25, 0.3) is 11.6 Å². The molecule has 1 fully saturated rings. The first-order valence-electron chi connectivity index (χ1n) is 13.1. The standard InChI is InChI=1S/C30H31N3O7/c31-30(29(37)40-26-16-14-25(15-17-26)33(38)39,23-10-6-21(7-11-23)20-4-2-1-3-5-20)24-12-8-22(9-13-24)28(36)32-19-18-27(34)35/h6-17,20H,1-5,18-19,31H2,(H,32,36)(H,34,35)/t30-/m1/s1. The molecule has 0 spiro atoms. The number of nitro groups is 1. The van der Waals surface area contributed by atoms with Crippen molar-refractivity contribution in [3.05, 3.63) is 105 Å². The van der Waals surface area contributed by atoms with Crippen LogP contribution < -0.4 is 15.8 Å². The number of carbonyl (C=O) groups is 3. The minimum Gasteiger partial charge on any atom is -0.481 e. The molecule has 0 heterocycles. The second kappa shape index (κ2) is 12.5. The fourth-order valence-corrected chi connectivity index (χ4v) is 4.95. The Hall–Kier alpha value is -4.57. The second-order valence-electron chi connectivity index (χ2n) is 9.88. The molecule has 40 heavy (non-hydrogen) atoms. The number of nitrogens with two attached hydrogens (primary N) is 1. The van der Waals surface area contributed by atoms with Gasteiger partial charge in [0.1, 0.15) is 5.75 Å². The van der Waals surface area contributed by atoms with Gasteiger partial charge in [-0.2, -0.15) is 0 Å². The van der Waals surface area contributed by atoms with Crippen LogP contribution in [0.3, 0.4) is 0 Å². The molecule has 0 bridgehead atoms. The number of non-ortho nitro benzene ring substituents is 1. The van der Waals surface area contributed by atoms with Crippen LogP contribution in [0, 0.1) is 10.1 Å². The predicted molar refractivity (Wildman–Crippen MR) is 147 cm³/mol. The van der Waals surface area contributed by atoms with Gasteiger partial charge in [0.05, 0.1) is 11.3 Å². The number of amides is 1. The first kappa shape index (κ1) is 28.4. The number of nitro benzene ring substituents is 1. The summed E-state index contributed by atoms with van der Waals surface area (Å²) in [6.07, 6.45) is 5.64. The summed E-state index contributed by atoms with van der Waals surface area (Å²) in [5.41, 5.74) is 7.23. The van der Waals surface area contributed by atoms with Gasteiger partial charge in [0, 0.05) is 24.2 Å². The Morgan fingerprint density at radius 1 is 0.925 bits per heavy atom. The van der Waals surface area contributed by atoms with Gasteiger partial charge >= 0.3 is 11.9 Å². The maximum absolute atomic E-state index is 13.6. The summed E-state index contributed by atoms with van der Waals surface area (Å²) in [7, 11) is 0. The number of ether oxygens (including phenoxy) is 1. The third kappa shape index (κ3) is 6.52. The maximum Gasteiger partial charge on any atom is 0.340 e. The lowest BCUT2D eigenvalue weighted by Gasteiger charge is -2.29. The Kier molecular flexibility index (Phi) is 8.90. The van der Waals surface area contributed by atoms with Gasteiger partial charge in [0.2, 0.25) is 0 Å². The average molecular weight is 546 g/mol. The largest absolute Gasteiger partial charge is 0.481 e. The first-order valence-corrected chi connectivity index (χ1v) is 13.1. The smallest absolute Gasteiger partial charge is 0.340 e. The van der Waals surface area contributed by atoms with Crippen LogP contribution in [-0.2, 0) is 15.1 Å². The van der Waals surface area contributed by atoms with E-state index in [-0.39, 0.29) is 30.0 Å². The molecule has 4 rings (SSSR count). The maximum atomic E-state index is 13.6. The number of hydrogen-bond acceptors (Lipinski definition) is 7. The Balaban J connectivity index is 1.63. The highest BCUT2D eigenvalue weighted by molar-refractivity contribution is 5.95. The number of esters is 1. The minimum atomic E-state index is -1.76. The molecule has 10 heteroatoms. The van der Waals surface area contributed by atoms with Gasteiger partial charge in [0.15, 0.2) is 5.54 Å². The third-order valence-corrected chi connectivity index (χ3v) is 7.25. The number of benzene rings is 3. The molecule has 3 aromatic rings. The van der Waals surface area contributed by atoms with Gasteiger partial charge in [-0.3, -0.25) is 19.7 Å². The van der Waals surface area contributed by atoms with E-state index in [4.69, 9.17) is 15.6 Å². The summed E-state index contributed by atoms with van der Waals surface area (Å²) in [5.74, 6) is -1.73. The summed E-state index contributed by atoms with van der Waals surface area (Å²) in [4.78, 5) is 47.2. The quantitative estimate of drug-likeness (QED) is 0.143. The summed E-state index contributed by atoms with van der Waals surface area (Å²) in [6.45, 7) is -0.0222. The summed E-state index contributed by atoms with van der Waals surface area (Å²) < 4.78 is 5.60. The van der Waals surface area contributed by atoms with Crippen LogP contribution in [0.1, 0.15) is 71.5 Å². The first-order chi connectivity index (χ1) is 19.2. The van der Waals surface area contributed by atoms with Crippen molar-refractivity contribution in [1.82, 2.24) is 5.32 Å². The molecule has 3 aromatic carbocycles. The van der Waals surface area contributed by atoms with Gasteiger partial charge < -0.3 is 20.9 Å². The topological polar surface area (TPSA) is 162 Å². The van der Waals surface area contributed by atoms with Crippen molar-refractivity contribution in [2.45, 2.75) is 50.0 Å². The van der Waals surface area contributed by atoms with Gasteiger partial charge in [-0.05, 0) is 59.7 Å². The number of carboxylic acids is 1. The number of rotatable bonds is 10. The lowest BCUT2D eigenvalue weighted by molar-refractivity contribution is -0.384. The van der Waals surface area contributed by atoms with E-state index >= 15 is 0 Å². The molecule has 1 aliphatic carbocycles. The average Bonchev–Trinajstić information content (AvgIpc) is 2.97. The second-order valence-corrected chi connectivity index (χ2v) is 9.88. The zero-order valence-electron chi connectivity index (χ0n) is 21.9. The van der Waals surface area contributed by atoms with Crippen molar-refractivity contribution >= 4 is 23.5 Å². The van der Waals surface area contributed by atoms with E-state index in [2.05, 4.69) is 5.32 Å². The number of carbonyl (C=O) groups excluding carboxylic acids is 2. The number of nitrogens with one attached hydrogen (secondary N) is 1. The Labute approximate surface area is 231 Å².